The van der Waals surface area contributed by atoms with Crippen molar-refractivity contribution >= 4 is 5.91 Å². The van der Waals surface area contributed by atoms with Crippen LogP contribution in [0.25, 0.3) is 0 Å². The van der Waals surface area contributed by atoms with Crippen molar-refractivity contribution in [2.75, 3.05) is 13.1 Å². The first-order valence-electron chi connectivity index (χ1n) is 6.44. The van der Waals surface area contributed by atoms with Crippen molar-refractivity contribution in [1.82, 2.24) is 4.90 Å². The fourth-order valence-electron chi connectivity index (χ4n) is 2.31. The summed E-state index contributed by atoms with van der Waals surface area (Å²) in [4.78, 5) is 13.9. The third-order valence-electron chi connectivity index (χ3n) is 3.47. The Morgan fingerprint density at radius 2 is 1.94 bits per heavy atom. The molecule has 3 nitrogen and oxygen atoms in total. The second kappa shape index (κ2) is 5.68. The summed E-state index contributed by atoms with van der Waals surface area (Å²) in [5, 5.41) is 9.22. The zero-order chi connectivity index (χ0) is 13.0. The van der Waals surface area contributed by atoms with Crippen molar-refractivity contribution in [2.24, 2.45) is 0 Å². The van der Waals surface area contributed by atoms with Gasteiger partial charge in [-0.05, 0) is 25.3 Å². The number of aryl methyl sites for hydroxylation is 1. The maximum atomic E-state index is 12.0. The van der Waals surface area contributed by atoms with Crippen molar-refractivity contribution in [3.8, 4) is 6.07 Å². The SMILES string of the molecule is Cc1ccc(C(C#N)CC(=O)N2CCCC2)cc1. The van der Waals surface area contributed by atoms with Crippen molar-refractivity contribution < 1.29 is 4.79 Å². The fourth-order valence-corrected chi connectivity index (χ4v) is 2.31. The zero-order valence-corrected chi connectivity index (χ0v) is 10.7. The van der Waals surface area contributed by atoms with Crippen LogP contribution < -0.4 is 0 Å². The van der Waals surface area contributed by atoms with Gasteiger partial charge in [0, 0.05) is 19.5 Å². The quantitative estimate of drug-likeness (QED) is 0.817. The molecule has 0 bridgehead atoms. The topological polar surface area (TPSA) is 44.1 Å². The van der Waals surface area contributed by atoms with Crippen molar-refractivity contribution in [2.45, 2.75) is 32.1 Å². The first kappa shape index (κ1) is 12.6. The molecular weight excluding hydrogens is 224 g/mol. The van der Waals surface area contributed by atoms with Gasteiger partial charge in [0.1, 0.15) is 0 Å². The molecule has 1 amide bonds. The molecule has 1 fully saturated rings. The molecule has 1 heterocycles. The maximum Gasteiger partial charge on any atom is 0.224 e. The molecule has 0 aromatic heterocycles. The summed E-state index contributed by atoms with van der Waals surface area (Å²) in [6.07, 6.45) is 2.49. The molecular formula is C15H18N2O. The number of carbonyl (C=O) groups is 1. The number of amides is 1. The predicted molar refractivity (Wildman–Crippen MR) is 70.0 cm³/mol. The Bertz CT molecular complexity index is 452. The van der Waals surface area contributed by atoms with Crippen LogP contribution in [0, 0.1) is 18.3 Å². The van der Waals surface area contributed by atoms with Crippen LogP contribution in [0.5, 0.6) is 0 Å². The average molecular weight is 242 g/mol. The highest BCUT2D eigenvalue weighted by atomic mass is 16.2. The summed E-state index contributed by atoms with van der Waals surface area (Å²) in [5.74, 6) is -0.210. The number of rotatable bonds is 3. The lowest BCUT2D eigenvalue weighted by Gasteiger charge is -2.17. The third-order valence-corrected chi connectivity index (χ3v) is 3.47. The number of hydrogen-bond donors (Lipinski definition) is 0. The van der Waals surface area contributed by atoms with Gasteiger partial charge in [0.2, 0.25) is 5.91 Å². The summed E-state index contributed by atoms with van der Waals surface area (Å²) in [6.45, 7) is 3.72. The lowest BCUT2D eigenvalue weighted by molar-refractivity contribution is -0.130. The van der Waals surface area contributed by atoms with E-state index >= 15 is 0 Å². The van der Waals surface area contributed by atoms with Gasteiger partial charge in [-0.2, -0.15) is 5.26 Å². The third kappa shape index (κ3) is 2.89. The van der Waals surface area contributed by atoms with E-state index in [1.165, 1.54) is 5.56 Å². The Morgan fingerprint density at radius 1 is 1.33 bits per heavy atom. The van der Waals surface area contributed by atoms with Crippen LogP contribution in [0.3, 0.4) is 0 Å². The first-order chi connectivity index (χ1) is 8.70. The second-order valence-electron chi connectivity index (χ2n) is 4.88. The lowest BCUT2D eigenvalue weighted by Crippen LogP contribution is -2.28. The van der Waals surface area contributed by atoms with E-state index < -0.39 is 0 Å². The highest BCUT2D eigenvalue weighted by molar-refractivity contribution is 5.77. The van der Waals surface area contributed by atoms with Gasteiger partial charge >= 0.3 is 0 Å². The van der Waals surface area contributed by atoms with Crippen LogP contribution in [0.1, 0.15) is 36.3 Å². The van der Waals surface area contributed by atoms with E-state index in [0.717, 1.165) is 31.5 Å². The molecule has 0 spiro atoms. The Morgan fingerprint density at radius 3 is 2.50 bits per heavy atom. The largest absolute Gasteiger partial charge is 0.343 e. The molecule has 1 unspecified atom stereocenters. The minimum atomic E-state index is -0.321. The molecule has 0 radical (unpaired) electrons. The van der Waals surface area contributed by atoms with Gasteiger partial charge in [-0.1, -0.05) is 29.8 Å². The second-order valence-corrected chi connectivity index (χ2v) is 4.88. The fraction of sp³-hybridized carbons (Fsp3) is 0.467. The molecule has 18 heavy (non-hydrogen) atoms. The van der Waals surface area contributed by atoms with Crippen LogP contribution in [0.4, 0.5) is 0 Å². The van der Waals surface area contributed by atoms with E-state index in [0.29, 0.717) is 6.42 Å². The molecule has 0 saturated carbocycles. The Kier molecular flexibility index (Phi) is 3.99. The summed E-state index contributed by atoms with van der Waals surface area (Å²) < 4.78 is 0. The highest BCUT2D eigenvalue weighted by Gasteiger charge is 2.22. The molecule has 1 aromatic carbocycles. The number of benzene rings is 1. The molecule has 1 aliphatic heterocycles. The summed E-state index contributed by atoms with van der Waals surface area (Å²) >= 11 is 0. The molecule has 94 valence electrons. The number of nitrogens with zero attached hydrogens (tertiary/aromatic N) is 2. The zero-order valence-electron chi connectivity index (χ0n) is 10.7. The van der Waals surface area contributed by atoms with Crippen LogP contribution >= 0.6 is 0 Å². The summed E-state index contributed by atoms with van der Waals surface area (Å²) in [7, 11) is 0. The van der Waals surface area contributed by atoms with Gasteiger partial charge in [-0.25, -0.2) is 0 Å². The Labute approximate surface area is 108 Å². The number of hydrogen-bond acceptors (Lipinski definition) is 2. The summed E-state index contributed by atoms with van der Waals surface area (Å²) in [5.41, 5.74) is 2.11. The minimum absolute atomic E-state index is 0.111. The lowest BCUT2D eigenvalue weighted by atomic mass is 9.96. The molecule has 2 rings (SSSR count). The van der Waals surface area contributed by atoms with Crippen molar-refractivity contribution in [3.63, 3.8) is 0 Å². The first-order valence-corrected chi connectivity index (χ1v) is 6.44. The van der Waals surface area contributed by atoms with Gasteiger partial charge in [0.05, 0.1) is 12.0 Å². The normalized spacial score (nSPS) is 16.3. The van der Waals surface area contributed by atoms with Gasteiger partial charge in [-0.15, -0.1) is 0 Å². The van der Waals surface area contributed by atoms with Crippen LogP contribution in [-0.4, -0.2) is 23.9 Å². The minimum Gasteiger partial charge on any atom is -0.343 e. The van der Waals surface area contributed by atoms with E-state index in [-0.39, 0.29) is 11.8 Å². The summed E-state index contributed by atoms with van der Waals surface area (Å²) in [6, 6.07) is 10.1. The van der Waals surface area contributed by atoms with E-state index in [1.807, 2.05) is 36.1 Å². The maximum absolute atomic E-state index is 12.0. The Balaban J connectivity index is 2.03. The number of nitriles is 1. The van der Waals surface area contributed by atoms with Crippen LogP contribution in [-0.2, 0) is 4.79 Å². The van der Waals surface area contributed by atoms with Gasteiger partial charge in [-0.3, -0.25) is 4.79 Å². The predicted octanol–water partition coefficient (Wildman–Crippen LogP) is 2.61. The van der Waals surface area contributed by atoms with Crippen molar-refractivity contribution in [1.29, 1.82) is 5.26 Å². The molecule has 0 aliphatic carbocycles. The molecule has 3 heteroatoms. The van der Waals surface area contributed by atoms with Crippen molar-refractivity contribution in [3.05, 3.63) is 35.4 Å². The average Bonchev–Trinajstić information content (AvgIpc) is 2.91. The van der Waals surface area contributed by atoms with Gasteiger partial charge < -0.3 is 4.90 Å². The van der Waals surface area contributed by atoms with E-state index in [2.05, 4.69) is 6.07 Å². The van der Waals surface area contributed by atoms with Crippen LogP contribution in [0.15, 0.2) is 24.3 Å². The smallest absolute Gasteiger partial charge is 0.224 e. The standard InChI is InChI=1S/C15H18N2O/c1-12-4-6-13(7-5-12)14(11-16)10-15(18)17-8-2-3-9-17/h4-7,14H,2-3,8-10H2,1H3. The van der Waals surface area contributed by atoms with Crippen LogP contribution in [0.2, 0.25) is 0 Å². The molecule has 1 aliphatic rings. The highest BCUT2D eigenvalue weighted by Crippen LogP contribution is 2.21. The molecule has 0 N–H and O–H groups in total. The van der Waals surface area contributed by atoms with E-state index in [1.54, 1.807) is 0 Å². The Hall–Kier alpha value is -1.82. The van der Waals surface area contributed by atoms with Gasteiger partial charge in [0.15, 0.2) is 0 Å². The monoisotopic (exact) mass is 242 g/mol. The van der Waals surface area contributed by atoms with E-state index in [4.69, 9.17) is 0 Å². The van der Waals surface area contributed by atoms with E-state index in [9.17, 15) is 10.1 Å². The number of carbonyl (C=O) groups excluding carboxylic acids is 1. The molecule has 1 saturated heterocycles. The van der Waals surface area contributed by atoms with Gasteiger partial charge in [0.25, 0.3) is 0 Å². The number of likely N-dealkylation sites (tertiary alicyclic amines) is 1. The molecule has 1 aromatic rings. The molecule has 1 atom stereocenters.